The number of hydrogen-bond acceptors (Lipinski definition) is 1. The summed E-state index contributed by atoms with van der Waals surface area (Å²) < 4.78 is 6.94. The molecule has 0 amide bonds. The van der Waals surface area contributed by atoms with Crippen molar-refractivity contribution in [1.29, 1.82) is 0 Å². The van der Waals surface area contributed by atoms with Crippen LogP contribution in [0.2, 0.25) is 0 Å². The van der Waals surface area contributed by atoms with Crippen molar-refractivity contribution in [2.24, 2.45) is 49.7 Å². The molecule has 2 unspecified atom stereocenters. The minimum Gasteiger partial charge on any atom is -0.381 e. The normalized spacial score (nSPS) is 17.0. The molecule has 35 heavy (non-hydrogen) atoms. The van der Waals surface area contributed by atoms with Crippen molar-refractivity contribution in [3.63, 3.8) is 0 Å². The molecule has 212 valence electrons. The Kier molecular flexibility index (Phi) is 11.8. The van der Waals surface area contributed by atoms with E-state index < -0.39 is 0 Å². The molecule has 0 radical (unpaired) electrons. The van der Waals surface area contributed by atoms with Gasteiger partial charge in [-0.25, -0.2) is 0 Å². The summed E-state index contributed by atoms with van der Waals surface area (Å²) in [6.45, 7) is 45.2. The van der Waals surface area contributed by atoms with Crippen LogP contribution in [-0.2, 0) is 4.74 Å². The first-order valence-electron chi connectivity index (χ1n) is 14.6. The van der Waals surface area contributed by atoms with E-state index in [4.69, 9.17) is 4.74 Å². The third-order valence-corrected chi connectivity index (χ3v) is 6.84. The highest BCUT2D eigenvalue weighted by Gasteiger charge is 2.42. The largest absolute Gasteiger partial charge is 0.381 e. The first-order chi connectivity index (χ1) is 15.0. The molecule has 0 aliphatic heterocycles. The standard InChI is InChI=1S/C34H70O/c1-28(2,3)19-26(27(33(16,17)18)20-29(4,5)6)21-35-25-34(22-30(7,8)9,23-31(10,11)12)24-32(13,14)15/h26-27H,19-25H2,1-18H3. The van der Waals surface area contributed by atoms with Crippen molar-refractivity contribution < 1.29 is 4.74 Å². The average molecular weight is 495 g/mol. The maximum absolute atomic E-state index is 6.94. The van der Waals surface area contributed by atoms with Crippen LogP contribution >= 0.6 is 0 Å². The Morgan fingerprint density at radius 1 is 0.457 bits per heavy atom. The summed E-state index contributed by atoms with van der Waals surface area (Å²) in [5.41, 5.74) is 1.94. The molecule has 0 bridgehead atoms. The van der Waals surface area contributed by atoms with Crippen LogP contribution in [0.1, 0.15) is 157 Å². The fourth-order valence-electron chi connectivity index (χ4n) is 7.09. The number of hydrogen-bond donors (Lipinski definition) is 0. The van der Waals surface area contributed by atoms with Gasteiger partial charge < -0.3 is 4.74 Å². The van der Waals surface area contributed by atoms with E-state index in [-0.39, 0.29) is 27.1 Å². The zero-order valence-electron chi connectivity index (χ0n) is 28.0. The summed E-state index contributed by atoms with van der Waals surface area (Å²) in [6, 6.07) is 0. The lowest BCUT2D eigenvalue weighted by atomic mass is 9.61. The maximum atomic E-state index is 6.94. The van der Waals surface area contributed by atoms with E-state index >= 15 is 0 Å². The molecule has 0 saturated heterocycles. The molecule has 0 aliphatic carbocycles. The Balaban J connectivity index is 6.15. The van der Waals surface area contributed by atoms with Gasteiger partial charge in [-0.2, -0.15) is 0 Å². The summed E-state index contributed by atoms with van der Waals surface area (Å²) >= 11 is 0. The predicted octanol–water partition coefficient (Wildman–Crippen LogP) is 11.4. The molecule has 0 rings (SSSR count). The van der Waals surface area contributed by atoms with Crippen molar-refractivity contribution in [3.8, 4) is 0 Å². The van der Waals surface area contributed by atoms with Crippen molar-refractivity contribution in [2.75, 3.05) is 13.2 Å². The molecule has 0 aromatic carbocycles. The van der Waals surface area contributed by atoms with E-state index in [2.05, 4.69) is 125 Å². The van der Waals surface area contributed by atoms with Crippen molar-refractivity contribution >= 4 is 0 Å². The number of ether oxygens (including phenoxy) is 1. The van der Waals surface area contributed by atoms with Gasteiger partial charge in [0.15, 0.2) is 0 Å². The fraction of sp³-hybridized carbons (Fsp3) is 1.00. The van der Waals surface area contributed by atoms with Crippen LogP contribution in [0.5, 0.6) is 0 Å². The van der Waals surface area contributed by atoms with Crippen LogP contribution in [0, 0.1) is 49.7 Å². The fourth-order valence-corrected chi connectivity index (χ4v) is 7.09. The van der Waals surface area contributed by atoms with E-state index in [1.807, 2.05) is 0 Å². The van der Waals surface area contributed by atoms with Gasteiger partial charge >= 0.3 is 0 Å². The Morgan fingerprint density at radius 3 is 1.06 bits per heavy atom. The molecular formula is C34H70O. The van der Waals surface area contributed by atoms with Crippen LogP contribution in [0.4, 0.5) is 0 Å². The second kappa shape index (κ2) is 11.8. The highest BCUT2D eigenvalue weighted by molar-refractivity contribution is 4.92. The van der Waals surface area contributed by atoms with Gasteiger partial charge in [0, 0.05) is 6.61 Å². The van der Waals surface area contributed by atoms with E-state index in [1.54, 1.807) is 0 Å². The van der Waals surface area contributed by atoms with E-state index in [9.17, 15) is 0 Å². The van der Waals surface area contributed by atoms with Crippen LogP contribution in [0.15, 0.2) is 0 Å². The summed E-state index contributed by atoms with van der Waals surface area (Å²) in [5.74, 6) is 1.22. The summed E-state index contributed by atoms with van der Waals surface area (Å²) in [5, 5.41) is 0. The van der Waals surface area contributed by atoms with Gasteiger partial charge in [0.05, 0.1) is 6.61 Å². The molecule has 0 aliphatic rings. The van der Waals surface area contributed by atoms with E-state index in [0.29, 0.717) is 22.7 Å². The second-order valence-corrected chi connectivity index (χ2v) is 19.5. The smallest absolute Gasteiger partial charge is 0.0523 e. The Morgan fingerprint density at radius 2 is 0.800 bits per heavy atom. The zero-order chi connectivity index (χ0) is 28.3. The third kappa shape index (κ3) is 17.2. The van der Waals surface area contributed by atoms with Gasteiger partial charge in [-0.15, -0.1) is 0 Å². The minimum absolute atomic E-state index is 0.197. The Labute approximate surface area is 224 Å². The summed E-state index contributed by atoms with van der Waals surface area (Å²) in [4.78, 5) is 0. The van der Waals surface area contributed by atoms with Crippen LogP contribution in [0.25, 0.3) is 0 Å². The number of rotatable bonds is 10. The average Bonchev–Trinajstić information content (AvgIpc) is 2.42. The molecule has 0 heterocycles. The van der Waals surface area contributed by atoms with Crippen LogP contribution < -0.4 is 0 Å². The quantitative estimate of drug-likeness (QED) is 0.293. The lowest BCUT2D eigenvalue weighted by molar-refractivity contribution is -0.0591. The predicted molar refractivity (Wildman–Crippen MR) is 160 cm³/mol. The second-order valence-electron chi connectivity index (χ2n) is 19.5. The van der Waals surface area contributed by atoms with Gasteiger partial charge in [-0.1, -0.05) is 125 Å². The van der Waals surface area contributed by atoms with Crippen molar-refractivity contribution in [2.45, 2.75) is 157 Å². The first-order valence-corrected chi connectivity index (χ1v) is 14.6. The Hall–Kier alpha value is -0.0400. The van der Waals surface area contributed by atoms with Gasteiger partial charge in [-0.3, -0.25) is 0 Å². The molecule has 1 heteroatoms. The molecule has 0 fully saturated rings. The van der Waals surface area contributed by atoms with E-state index in [1.165, 1.54) is 32.1 Å². The molecule has 0 aromatic rings. The Bertz CT molecular complexity index is 557. The minimum atomic E-state index is 0.197. The topological polar surface area (TPSA) is 9.23 Å². The molecule has 0 aromatic heterocycles. The van der Waals surface area contributed by atoms with Gasteiger partial charge in [-0.05, 0) is 81.8 Å². The molecule has 0 spiro atoms. The molecular weight excluding hydrogens is 424 g/mol. The zero-order valence-corrected chi connectivity index (χ0v) is 28.0. The SMILES string of the molecule is CC(C)(C)CC(COCC(CC(C)(C)C)(CC(C)(C)C)CC(C)(C)C)C(CC(C)(C)C)C(C)(C)C. The van der Waals surface area contributed by atoms with Crippen molar-refractivity contribution in [3.05, 3.63) is 0 Å². The summed E-state index contributed by atoms with van der Waals surface area (Å²) in [7, 11) is 0. The van der Waals surface area contributed by atoms with Gasteiger partial charge in [0.25, 0.3) is 0 Å². The molecule has 2 atom stereocenters. The highest BCUT2D eigenvalue weighted by Crippen LogP contribution is 2.50. The van der Waals surface area contributed by atoms with Gasteiger partial charge in [0.2, 0.25) is 0 Å². The lowest BCUT2D eigenvalue weighted by Gasteiger charge is -2.47. The highest BCUT2D eigenvalue weighted by atomic mass is 16.5. The van der Waals surface area contributed by atoms with Gasteiger partial charge in [0.1, 0.15) is 0 Å². The monoisotopic (exact) mass is 495 g/mol. The first kappa shape index (κ1) is 35.0. The molecule has 0 saturated carbocycles. The third-order valence-electron chi connectivity index (χ3n) is 6.84. The van der Waals surface area contributed by atoms with Crippen LogP contribution in [-0.4, -0.2) is 13.2 Å². The molecule has 0 N–H and O–H groups in total. The van der Waals surface area contributed by atoms with Crippen LogP contribution in [0.3, 0.4) is 0 Å². The summed E-state index contributed by atoms with van der Waals surface area (Å²) in [6.07, 6.45) is 6.10. The van der Waals surface area contributed by atoms with E-state index in [0.717, 1.165) is 13.2 Å². The van der Waals surface area contributed by atoms with Crippen molar-refractivity contribution in [1.82, 2.24) is 0 Å². The molecule has 1 nitrogen and oxygen atoms in total. The lowest BCUT2D eigenvalue weighted by Crippen LogP contribution is -2.40. The maximum Gasteiger partial charge on any atom is 0.0523 e.